The van der Waals surface area contributed by atoms with Crippen molar-refractivity contribution in [1.29, 1.82) is 0 Å². The Kier molecular flexibility index (Phi) is 14.0. The van der Waals surface area contributed by atoms with E-state index in [1.807, 2.05) is 13.0 Å². The Hall–Kier alpha value is -1.89. The predicted molar refractivity (Wildman–Crippen MR) is 115 cm³/mol. The van der Waals surface area contributed by atoms with Crippen LogP contribution >= 0.6 is 0 Å². The lowest BCUT2D eigenvalue weighted by Crippen LogP contribution is -2.59. The smallest absolute Gasteiger partial charge is 0.312 e. The zero-order valence-electron chi connectivity index (χ0n) is 19.1. The number of quaternary nitrogens is 1. The van der Waals surface area contributed by atoms with E-state index in [0.717, 1.165) is 25.7 Å². The number of carbonyl (C=O) groups excluding carboxylic acids is 1. The molecular weight excluding hydrogens is 386 g/mol. The average Bonchev–Trinajstić information content (AvgIpc) is 2.70. The molecule has 0 rings (SSSR count). The molecule has 174 valence electrons. The lowest BCUT2D eigenvalue weighted by molar-refractivity contribution is -0.935. The molecule has 0 spiro atoms. The van der Waals surface area contributed by atoms with Gasteiger partial charge in [-0.05, 0) is 51.9 Å². The zero-order chi connectivity index (χ0) is 23.2. The standard InChI is InChI=1S/C23H41NO6/c1-5-9-10-11-12-13-14-24(15-18(6-2)21(25)26,16-19(7-3)22(27)28)17-20(8-4)23(29)30/h5,9,18-20H,6-8,10-17H2,1-4H3,(H2-,25,26,27,28,29,30)/b9-5+. The summed E-state index contributed by atoms with van der Waals surface area (Å²) in [5, 5.41) is 31.0. The molecule has 0 saturated carbocycles. The van der Waals surface area contributed by atoms with Crippen molar-refractivity contribution in [3.63, 3.8) is 0 Å². The first kappa shape index (κ1) is 28.1. The molecule has 7 heteroatoms. The second-order valence-electron chi connectivity index (χ2n) is 8.34. The van der Waals surface area contributed by atoms with Gasteiger partial charge < -0.3 is 24.6 Å². The van der Waals surface area contributed by atoms with E-state index in [1.54, 1.807) is 20.8 Å². The Bertz CT molecular complexity index is 500. The minimum Gasteiger partial charge on any atom is -0.550 e. The van der Waals surface area contributed by atoms with Crippen LogP contribution in [0.3, 0.4) is 0 Å². The molecule has 0 amide bonds. The molecule has 0 fully saturated rings. The fourth-order valence-electron chi connectivity index (χ4n) is 4.09. The lowest BCUT2D eigenvalue weighted by Gasteiger charge is -2.44. The average molecular weight is 428 g/mol. The molecule has 2 N–H and O–H groups in total. The highest BCUT2D eigenvalue weighted by molar-refractivity contribution is 5.70. The molecule has 0 aromatic heterocycles. The van der Waals surface area contributed by atoms with Crippen LogP contribution in [0.15, 0.2) is 12.2 Å². The maximum Gasteiger partial charge on any atom is 0.312 e. The summed E-state index contributed by atoms with van der Waals surface area (Å²) in [5.74, 6) is -5.00. The van der Waals surface area contributed by atoms with Gasteiger partial charge in [-0.15, -0.1) is 0 Å². The van der Waals surface area contributed by atoms with E-state index >= 15 is 0 Å². The molecule has 3 unspecified atom stereocenters. The van der Waals surface area contributed by atoms with E-state index in [1.165, 1.54) is 0 Å². The first-order chi connectivity index (χ1) is 14.2. The van der Waals surface area contributed by atoms with Gasteiger partial charge >= 0.3 is 11.9 Å². The number of carboxylic acid groups (broad SMARTS) is 3. The Labute approximate surface area is 181 Å². The minimum absolute atomic E-state index is 0.200. The highest BCUT2D eigenvalue weighted by atomic mass is 16.4. The number of aliphatic carboxylic acids is 3. The molecule has 7 nitrogen and oxygen atoms in total. The Morgan fingerprint density at radius 3 is 1.67 bits per heavy atom. The molecule has 0 heterocycles. The van der Waals surface area contributed by atoms with E-state index in [0.29, 0.717) is 25.8 Å². The largest absolute Gasteiger partial charge is 0.550 e. The van der Waals surface area contributed by atoms with Crippen LogP contribution in [0.2, 0.25) is 0 Å². The first-order valence-electron chi connectivity index (χ1n) is 11.3. The summed E-state index contributed by atoms with van der Waals surface area (Å²) in [6, 6.07) is 0. The fourth-order valence-corrected chi connectivity index (χ4v) is 4.09. The third-order valence-electron chi connectivity index (χ3n) is 6.07. The van der Waals surface area contributed by atoms with Crippen molar-refractivity contribution >= 4 is 17.9 Å². The Morgan fingerprint density at radius 2 is 1.30 bits per heavy atom. The van der Waals surface area contributed by atoms with Crippen LogP contribution in [0, 0.1) is 17.8 Å². The summed E-state index contributed by atoms with van der Waals surface area (Å²) in [6.07, 6.45) is 9.00. The van der Waals surface area contributed by atoms with Crippen molar-refractivity contribution in [3.8, 4) is 0 Å². The van der Waals surface area contributed by atoms with Crippen molar-refractivity contribution in [2.24, 2.45) is 17.8 Å². The van der Waals surface area contributed by atoms with E-state index < -0.39 is 35.7 Å². The molecule has 0 saturated heterocycles. The van der Waals surface area contributed by atoms with Gasteiger partial charge in [0.2, 0.25) is 0 Å². The van der Waals surface area contributed by atoms with Crippen molar-refractivity contribution in [2.75, 3.05) is 26.2 Å². The monoisotopic (exact) mass is 427 g/mol. The normalized spacial score (nSPS) is 16.7. The van der Waals surface area contributed by atoms with E-state index in [2.05, 4.69) is 6.08 Å². The van der Waals surface area contributed by atoms with Gasteiger partial charge in [0.05, 0.1) is 32.1 Å². The number of unbranched alkanes of at least 4 members (excludes halogenated alkanes) is 3. The topological polar surface area (TPSA) is 115 Å². The van der Waals surface area contributed by atoms with Gasteiger partial charge in [-0.1, -0.05) is 32.9 Å². The predicted octanol–water partition coefficient (Wildman–Crippen LogP) is 2.94. The Balaban J connectivity index is 5.84. The highest BCUT2D eigenvalue weighted by Crippen LogP contribution is 2.25. The second kappa shape index (κ2) is 15.0. The molecule has 0 aromatic rings. The number of hydrogen-bond acceptors (Lipinski definition) is 4. The second-order valence-corrected chi connectivity index (χ2v) is 8.34. The van der Waals surface area contributed by atoms with E-state index in [-0.39, 0.29) is 24.1 Å². The van der Waals surface area contributed by atoms with Crippen LogP contribution in [0.25, 0.3) is 0 Å². The fraction of sp³-hybridized carbons (Fsp3) is 0.783. The van der Waals surface area contributed by atoms with Gasteiger partial charge in [0, 0.05) is 5.92 Å². The molecule has 0 aliphatic heterocycles. The van der Waals surface area contributed by atoms with Crippen molar-refractivity contribution in [3.05, 3.63) is 12.2 Å². The molecule has 3 atom stereocenters. The van der Waals surface area contributed by atoms with Gasteiger partial charge in [0.1, 0.15) is 11.8 Å². The number of rotatable bonds is 18. The summed E-state index contributed by atoms with van der Waals surface area (Å²) in [5.41, 5.74) is 0. The zero-order valence-corrected chi connectivity index (χ0v) is 19.1. The maximum atomic E-state index is 11.8. The van der Waals surface area contributed by atoms with E-state index in [9.17, 15) is 29.7 Å². The van der Waals surface area contributed by atoms with Gasteiger partial charge in [-0.3, -0.25) is 9.59 Å². The maximum absolute atomic E-state index is 11.8. The molecule has 0 bridgehead atoms. The third-order valence-corrected chi connectivity index (χ3v) is 6.07. The van der Waals surface area contributed by atoms with Crippen LogP contribution < -0.4 is 5.11 Å². The summed E-state index contributed by atoms with van der Waals surface area (Å²) in [6.45, 7) is 8.62. The number of allylic oxidation sites excluding steroid dienone is 2. The van der Waals surface area contributed by atoms with Gasteiger partial charge in [0.25, 0.3) is 0 Å². The summed E-state index contributed by atoms with van der Waals surface area (Å²) < 4.78 is 0.200. The van der Waals surface area contributed by atoms with Crippen molar-refractivity contribution in [2.45, 2.75) is 72.6 Å². The SMILES string of the molecule is C/C=C/CCCCC[N+](CC(CC)C(=O)[O-])(CC(CC)C(=O)O)CC(CC)C(=O)O. The van der Waals surface area contributed by atoms with Crippen LogP contribution in [0.5, 0.6) is 0 Å². The third kappa shape index (κ3) is 10.2. The lowest BCUT2D eigenvalue weighted by atomic mass is 9.95. The summed E-state index contributed by atoms with van der Waals surface area (Å²) >= 11 is 0. The van der Waals surface area contributed by atoms with Crippen LogP contribution in [0.1, 0.15) is 72.6 Å². The number of carboxylic acids is 3. The van der Waals surface area contributed by atoms with E-state index in [4.69, 9.17) is 0 Å². The first-order valence-corrected chi connectivity index (χ1v) is 11.3. The molecule has 0 aromatic carbocycles. The molecular formula is C23H41NO6. The molecule has 0 aliphatic rings. The van der Waals surface area contributed by atoms with Crippen LogP contribution in [0.4, 0.5) is 0 Å². The van der Waals surface area contributed by atoms with Gasteiger partial charge in [0.15, 0.2) is 0 Å². The van der Waals surface area contributed by atoms with Crippen LogP contribution in [-0.4, -0.2) is 58.8 Å². The van der Waals surface area contributed by atoms with Crippen molar-refractivity contribution in [1.82, 2.24) is 0 Å². The number of carbonyl (C=O) groups is 3. The van der Waals surface area contributed by atoms with Crippen LogP contribution in [-0.2, 0) is 14.4 Å². The van der Waals surface area contributed by atoms with Gasteiger partial charge in [-0.25, -0.2) is 0 Å². The number of hydrogen-bond donors (Lipinski definition) is 2. The van der Waals surface area contributed by atoms with Gasteiger partial charge in [-0.2, -0.15) is 0 Å². The summed E-state index contributed by atoms with van der Waals surface area (Å²) in [7, 11) is 0. The quantitative estimate of drug-likeness (QED) is 0.197. The molecule has 0 radical (unpaired) electrons. The molecule has 0 aliphatic carbocycles. The minimum atomic E-state index is -1.15. The Morgan fingerprint density at radius 1 is 0.833 bits per heavy atom. The van der Waals surface area contributed by atoms with Crippen molar-refractivity contribution < 1.29 is 34.2 Å². The highest BCUT2D eigenvalue weighted by Gasteiger charge is 2.39. The summed E-state index contributed by atoms with van der Waals surface area (Å²) in [4.78, 5) is 35.2. The molecule has 30 heavy (non-hydrogen) atoms. The number of nitrogens with zero attached hydrogens (tertiary/aromatic N) is 1.